The van der Waals surface area contributed by atoms with Gasteiger partial charge >= 0.3 is 0 Å². The maximum atomic E-state index is 11.3. The molecule has 1 rings (SSSR count). The standard InChI is InChI=1S/C10H22N2O2S/c1-3-5-11-6-7-12(2)10-4-8-15(13,14)9-10/h10-11H,3-9H2,1-2H3. The third kappa shape index (κ3) is 4.49. The van der Waals surface area contributed by atoms with Crippen LogP contribution in [0.2, 0.25) is 0 Å². The van der Waals surface area contributed by atoms with Crippen molar-refractivity contribution >= 4 is 9.84 Å². The summed E-state index contributed by atoms with van der Waals surface area (Å²) in [6.07, 6.45) is 1.94. The summed E-state index contributed by atoms with van der Waals surface area (Å²) < 4.78 is 22.6. The second kappa shape index (κ2) is 5.82. The number of nitrogens with one attached hydrogen (secondary N) is 1. The molecule has 1 heterocycles. The van der Waals surface area contributed by atoms with Crippen LogP contribution in [0.3, 0.4) is 0 Å². The Bertz CT molecular complexity index is 277. The Morgan fingerprint density at radius 2 is 2.13 bits per heavy atom. The monoisotopic (exact) mass is 234 g/mol. The van der Waals surface area contributed by atoms with Crippen molar-refractivity contribution in [1.29, 1.82) is 0 Å². The molecule has 1 unspecified atom stereocenters. The number of rotatable bonds is 6. The molecule has 0 aromatic carbocycles. The lowest BCUT2D eigenvalue weighted by molar-refractivity contribution is 0.262. The summed E-state index contributed by atoms with van der Waals surface area (Å²) in [4.78, 5) is 2.16. The van der Waals surface area contributed by atoms with Crippen molar-refractivity contribution in [2.75, 3.05) is 38.2 Å². The summed E-state index contributed by atoms with van der Waals surface area (Å²) in [5.74, 6) is 0.710. The summed E-state index contributed by atoms with van der Waals surface area (Å²) >= 11 is 0. The first-order valence-corrected chi connectivity index (χ1v) is 7.48. The van der Waals surface area contributed by atoms with Gasteiger partial charge in [-0.2, -0.15) is 0 Å². The second-order valence-corrected chi connectivity index (χ2v) is 6.52. The molecule has 1 saturated heterocycles. The van der Waals surface area contributed by atoms with E-state index < -0.39 is 9.84 Å². The summed E-state index contributed by atoms with van der Waals surface area (Å²) in [5.41, 5.74) is 0. The lowest BCUT2D eigenvalue weighted by Crippen LogP contribution is -2.37. The van der Waals surface area contributed by atoms with Crippen LogP contribution >= 0.6 is 0 Å². The van der Waals surface area contributed by atoms with Gasteiger partial charge in [-0.25, -0.2) is 8.42 Å². The van der Waals surface area contributed by atoms with Gasteiger partial charge < -0.3 is 10.2 Å². The molecule has 1 N–H and O–H groups in total. The molecule has 1 aliphatic rings. The average Bonchev–Trinajstić information content (AvgIpc) is 2.53. The van der Waals surface area contributed by atoms with Gasteiger partial charge in [0.15, 0.2) is 9.84 Å². The number of sulfone groups is 1. The molecule has 0 radical (unpaired) electrons. The summed E-state index contributed by atoms with van der Waals surface area (Å²) in [7, 11) is -0.725. The minimum absolute atomic E-state index is 0.235. The van der Waals surface area contributed by atoms with Crippen LogP contribution in [-0.2, 0) is 9.84 Å². The highest BCUT2D eigenvalue weighted by Gasteiger charge is 2.30. The average molecular weight is 234 g/mol. The van der Waals surface area contributed by atoms with Crippen molar-refractivity contribution in [1.82, 2.24) is 10.2 Å². The molecule has 5 heteroatoms. The van der Waals surface area contributed by atoms with E-state index in [0.717, 1.165) is 32.5 Å². The molecule has 15 heavy (non-hydrogen) atoms. The molecule has 1 fully saturated rings. The van der Waals surface area contributed by atoms with Gasteiger partial charge in [-0.05, 0) is 26.4 Å². The molecule has 1 aliphatic heterocycles. The molecule has 90 valence electrons. The summed E-state index contributed by atoms with van der Waals surface area (Å²) in [6.45, 7) is 5.05. The Kier molecular flexibility index (Phi) is 5.02. The first-order chi connectivity index (χ1) is 7.05. The highest BCUT2D eigenvalue weighted by atomic mass is 32.2. The molecule has 0 aliphatic carbocycles. The van der Waals surface area contributed by atoms with Crippen LogP contribution in [0.4, 0.5) is 0 Å². The molecule has 0 aromatic rings. The van der Waals surface area contributed by atoms with Gasteiger partial charge in [0, 0.05) is 19.1 Å². The van der Waals surface area contributed by atoms with E-state index in [1.807, 2.05) is 7.05 Å². The third-order valence-electron chi connectivity index (χ3n) is 2.90. The minimum Gasteiger partial charge on any atom is -0.315 e. The van der Waals surface area contributed by atoms with E-state index >= 15 is 0 Å². The molecule has 1 atom stereocenters. The number of likely N-dealkylation sites (N-methyl/N-ethyl adjacent to an activating group) is 1. The van der Waals surface area contributed by atoms with Gasteiger partial charge in [0.2, 0.25) is 0 Å². The van der Waals surface area contributed by atoms with Crippen molar-refractivity contribution in [3.05, 3.63) is 0 Å². The molecular weight excluding hydrogens is 212 g/mol. The number of hydrogen-bond acceptors (Lipinski definition) is 4. The fraction of sp³-hybridized carbons (Fsp3) is 1.00. The van der Waals surface area contributed by atoms with Crippen LogP contribution in [-0.4, -0.2) is 57.5 Å². The Morgan fingerprint density at radius 1 is 1.40 bits per heavy atom. The Morgan fingerprint density at radius 3 is 2.67 bits per heavy atom. The lowest BCUT2D eigenvalue weighted by atomic mass is 10.2. The largest absolute Gasteiger partial charge is 0.315 e. The Hall–Kier alpha value is -0.130. The van der Waals surface area contributed by atoms with Crippen molar-refractivity contribution in [3.63, 3.8) is 0 Å². The quantitative estimate of drug-likeness (QED) is 0.663. The zero-order chi connectivity index (χ0) is 11.3. The topological polar surface area (TPSA) is 49.4 Å². The minimum atomic E-state index is -2.74. The van der Waals surface area contributed by atoms with E-state index in [4.69, 9.17) is 0 Å². The molecule has 0 saturated carbocycles. The van der Waals surface area contributed by atoms with Crippen LogP contribution in [0.1, 0.15) is 19.8 Å². The molecule has 0 bridgehead atoms. The Balaban J connectivity index is 2.21. The van der Waals surface area contributed by atoms with E-state index in [1.54, 1.807) is 0 Å². The summed E-state index contributed by atoms with van der Waals surface area (Å²) in [6, 6.07) is 0.235. The van der Waals surface area contributed by atoms with Crippen molar-refractivity contribution in [3.8, 4) is 0 Å². The van der Waals surface area contributed by atoms with Crippen molar-refractivity contribution < 1.29 is 8.42 Å². The van der Waals surface area contributed by atoms with Crippen LogP contribution in [0.25, 0.3) is 0 Å². The number of hydrogen-bond donors (Lipinski definition) is 1. The van der Waals surface area contributed by atoms with E-state index in [2.05, 4.69) is 17.1 Å². The van der Waals surface area contributed by atoms with Gasteiger partial charge in [0.25, 0.3) is 0 Å². The zero-order valence-electron chi connectivity index (χ0n) is 9.70. The highest BCUT2D eigenvalue weighted by molar-refractivity contribution is 7.91. The molecular formula is C10H22N2O2S. The molecule has 0 amide bonds. The lowest BCUT2D eigenvalue weighted by Gasteiger charge is -2.22. The zero-order valence-corrected chi connectivity index (χ0v) is 10.5. The molecule has 0 aromatic heterocycles. The van der Waals surface area contributed by atoms with Crippen molar-refractivity contribution in [2.24, 2.45) is 0 Å². The number of nitrogens with zero attached hydrogens (tertiary/aromatic N) is 1. The van der Waals surface area contributed by atoms with Crippen LogP contribution < -0.4 is 5.32 Å². The van der Waals surface area contributed by atoms with E-state index in [9.17, 15) is 8.42 Å². The Labute approximate surface area is 93.0 Å². The van der Waals surface area contributed by atoms with Gasteiger partial charge in [-0.3, -0.25) is 0 Å². The van der Waals surface area contributed by atoms with E-state index in [1.165, 1.54) is 0 Å². The predicted octanol–water partition coefficient (Wildman–Crippen LogP) is 0.105. The van der Waals surface area contributed by atoms with E-state index in [0.29, 0.717) is 11.5 Å². The maximum Gasteiger partial charge on any atom is 0.151 e. The first kappa shape index (κ1) is 12.9. The second-order valence-electron chi connectivity index (χ2n) is 4.29. The van der Waals surface area contributed by atoms with Gasteiger partial charge in [-0.15, -0.1) is 0 Å². The third-order valence-corrected chi connectivity index (χ3v) is 4.65. The smallest absolute Gasteiger partial charge is 0.151 e. The normalized spacial score (nSPS) is 24.9. The predicted molar refractivity (Wildman–Crippen MR) is 62.8 cm³/mol. The first-order valence-electron chi connectivity index (χ1n) is 5.66. The summed E-state index contributed by atoms with van der Waals surface area (Å²) in [5, 5.41) is 3.32. The maximum absolute atomic E-state index is 11.3. The highest BCUT2D eigenvalue weighted by Crippen LogP contribution is 2.15. The molecule has 0 spiro atoms. The SMILES string of the molecule is CCCNCCN(C)C1CCS(=O)(=O)C1. The molecule has 4 nitrogen and oxygen atoms in total. The van der Waals surface area contributed by atoms with Gasteiger partial charge in [-0.1, -0.05) is 6.92 Å². The fourth-order valence-electron chi connectivity index (χ4n) is 1.86. The van der Waals surface area contributed by atoms with Gasteiger partial charge in [0.1, 0.15) is 0 Å². The van der Waals surface area contributed by atoms with Crippen LogP contribution in [0, 0.1) is 0 Å². The van der Waals surface area contributed by atoms with Crippen LogP contribution in [0.15, 0.2) is 0 Å². The van der Waals surface area contributed by atoms with Crippen LogP contribution in [0.5, 0.6) is 0 Å². The fourth-order valence-corrected chi connectivity index (χ4v) is 3.67. The van der Waals surface area contributed by atoms with Crippen molar-refractivity contribution in [2.45, 2.75) is 25.8 Å². The van der Waals surface area contributed by atoms with E-state index in [-0.39, 0.29) is 6.04 Å². The van der Waals surface area contributed by atoms with Gasteiger partial charge in [0.05, 0.1) is 11.5 Å².